The van der Waals surface area contributed by atoms with E-state index in [1.54, 1.807) is 30.5 Å². The van der Waals surface area contributed by atoms with Gasteiger partial charge in [0.2, 0.25) is 0 Å². The van der Waals surface area contributed by atoms with Crippen LogP contribution in [0.25, 0.3) is 0 Å². The Balaban J connectivity index is 1.82. The second-order valence-electron chi connectivity index (χ2n) is 4.60. The predicted octanol–water partition coefficient (Wildman–Crippen LogP) is 2.67. The standard InChI is InChI=1S/C16H17FN4S/c1-19-16(20-7-6-14-3-2-8-22-14)21-11-13-5-4-12(10-18)9-15(13)17/h2-5,8-9H,6-7,11H2,1H3,(H2,19,20,21). The van der Waals surface area contributed by atoms with E-state index >= 15 is 0 Å². The molecular weight excluding hydrogens is 299 g/mol. The summed E-state index contributed by atoms with van der Waals surface area (Å²) in [5, 5.41) is 17.0. The van der Waals surface area contributed by atoms with Crippen LogP contribution in [0.15, 0.2) is 40.7 Å². The Hall–Kier alpha value is -2.39. The van der Waals surface area contributed by atoms with Gasteiger partial charge < -0.3 is 10.6 Å². The van der Waals surface area contributed by atoms with Crippen molar-refractivity contribution in [2.45, 2.75) is 13.0 Å². The maximum absolute atomic E-state index is 13.8. The van der Waals surface area contributed by atoms with Crippen molar-refractivity contribution in [3.63, 3.8) is 0 Å². The van der Waals surface area contributed by atoms with Crippen molar-refractivity contribution < 1.29 is 4.39 Å². The van der Waals surface area contributed by atoms with Gasteiger partial charge in [-0.3, -0.25) is 4.99 Å². The third-order valence-electron chi connectivity index (χ3n) is 3.10. The molecule has 2 N–H and O–H groups in total. The molecule has 1 aromatic heterocycles. The zero-order valence-electron chi connectivity index (χ0n) is 12.3. The Labute approximate surface area is 133 Å². The number of rotatable bonds is 5. The molecule has 0 aliphatic carbocycles. The molecule has 2 aromatic rings. The molecule has 0 amide bonds. The fourth-order valence-corrected chi connectivity index (χ4v) is 2.63. The third-order valence-corrected chi connectivity index (χ3v) is 4.03. The van der Waals surface area contributed by atoms with E-state index < -0.39 is 0 Å². The van der Waals surface area contributed by atoms with Gasteiger partial charge in [-0.1, -0.05) is 12.1 Å². The summed E-state index contributed by atoms with van der Waals surface area (Å²) in [5.41, 5.74) is 0.819. The zero-order valence-corrected chi connectivity index (χ0v) is 13.1. The smallest absolute Gasteiger partial charge is 0.191 e. The van der Waals surface area contributed by atoms with Crippen molar-refractivity contribution >= 4 is 17.3 Å². The molecule has 114 valence electrons. The van der Waals surface area contributed by atoms with Crippen LogP contribution in [0.4, 0.5) is 4.39 Å². The highest BCUT2D eigenvalue weighted by atomic mass is 32.1. The van der Waals surface area contributed by atoms with Crippen LogP contribution in [-0.2, 0) is 13.0 Å². The number of nitrogens with zero attached hydrogens (tertiary/aromatic N) is 2. The van der Waals surface area contributed by atoms with Crippen molar-refractivity contribution in [1.82, 2.24) is 10.6 Å². The number of hydrogen-bond donors (Lipinski definition) is 2. The number of thiophene rings is 1. The molecule has 0 fully saturated rings. The summed E-state index contributed by atoms with van der Waals surface area (Å²) < 4.78 is 13.8. The highest BCUT2D eigenvalue weighted by Crippen LogP contribution is 2.10. The van der Waals surface area contributed by atoms with Crippen molar-refractivity contribution in [2.75, 3.05) is 13.6 Å². The molecule has 2 rings (SSSR count). The largest absolute Gasteiger partial charge is 0.356 e. The monoisotopic (exact) mass is 316 g/mol. The van der Waals surface area contributed by atoms with E-state index in [-0.39, 0.29) is 5.82 Å². The molecule has 0 atom stereocenters. The highest BCUT2D eigenvalue weighted by Gasteiger charge is 2.05. The molecule has 0 aliphatic rings. The summed E-state index contributed by atoms with van der Waals surface area (Å²) in [6.07, 6.45) is 0.920. The molecule has 0 spiro atoms. The molecule has 0 saturated heterocycles. The predicted molar refractivity (Wildman–Crippen MR) is 87.3 cm³/mol. The molecule has 22 heavy (non-hydrogen) atoms. The minimum atomic E-state index is -0.388. The molecule has 1 aromatic carbocycles. The summed E-state index contributed by atoms with van der Waals surface area (Å²) in [6.45, 7) is 1.08. The Morgan fingerprint density at radius 1 is 1.36 bits per heavy atom. The van der Waals surface area contributed by atoms with Gasteiger partial charge in [-0.05, 0) is 30.0 Å². The number of aliphatic imine (C=N–C) groups is 1. The molecule has 0 unspecified atom stereocenters. The van der Waals surface area contributed by atoms with Crippen LogP contribution >= 0.6 is 11.3 Å². The molecule has 0 bridgehead atoms. The van der Waals surface area contributed by atoms with Crippen molar-refractivity contribution in [3.05, 3.63) is 57.5 Å². The van der Waals surface area contributed by atoms with Gasteiger partial charge >= 0.3 is 0 Å². The highest BCUT2D eigenvalue weighted by molar-refractivity contribution is 7.09. The Bertz CT molecular complexity index is 674. The van der Waals surface area contributed by atoms with Crippen molar-refractivity contribution in [2.24, 2.45) is 4.99 Å². The molecule has 6 heteroatoms. The number of hydrogen-bond acceptors (Lipinski definition) is 3. The first-order valence-electron chi connectivity index (χ1n) is 6.88. The second-order valence-corrected chi connectivity index (χ2v) is 5.63. The number of halogens is 1. The van der Waals surface area contributed by atoms with E-state index in [0.717, 1.165) is 13.0 Å². The van der Waals surface area contributed by atoms with Crippen molar-refractivity contribution in [1.29, 1.82) is 5.26 Å². The molecule has 1 heterocycles. The molecular formula is C16H17FN4S. The molecule has 0 aliphatic heterocycles. The summed E-state index contributed by atoms with van der Waals surface area (Å²) in [5.74, 6) is 0.237. The number of benzene rings is 1. The lowest BCUT2D eigenvalue weighted by atomic mass is 10.1. The average Bonchev–Trinajstić information content (AvgIpc) is 3.05. The van der Waals surface area contributed by atoms with E-state index in [4.69, 9.17) is 5.26 Å². The molecule has 0 radical (unpaired) electrons. The number of nitriles is 1. The zero-order chi connectivity index (χ0) is 15.8. The van der Waals surface area contributed by atoms with Gasteiger partial charge in [0.15, 0.2) is 5.96 Å². The lowest BCUT2D eigenvalue weighted by Gasteiger charge is -2.12. The van der Waals surface area contributed by atoms with Crippen LogP contribution in [0.5, 0.6) is 0 Å². The summed E-state index contributed by atoms with van der Waals surface area (Å²) in [4.78, 5) is 5.41. The van der Waals surface area contributed by atoms with Crippen LogP contribution in [-0.4, -0.2) is 19.6 Å². The van der Waals surface area contributed by atoms with E-state index in [1.807, 2.05) is 12.1 Å². The summed E-state index contributed by atoms with van der Waals surface area (Å²) in [6, 6.07) is 10.5. The first-order chi connectivity index (χ1) is 10.7. The lowest BCUT2D eigenvalue weighted by Crippen LogP contribution is -2.37. The second kappa shape index (κ2) is 8.15. The fraction of sp³-hybridized carbons (Fsp3) is 0.250. The van der Waals surface area contributed by atoms with Crippen molar-refractivity contribution in [3.8, 4) is 6.07 Å². The Morgan fingerprint density at radius 2 is 2.23 bits per heavy atom. The van der Waals surface area contributed by atoms with Crippen LogP contribution < -0.4 is 10.6 Å². The minimum Gasteiger partial charge on any atom is -0.356 e. The maximum Gasteiger partial charge on any atom is 0.191 e. The van der Waals surface area contributed by atoms with Gasteiger partial charge in [0.25, 0.3) is 0 Å². The van der Waals surface area contributed by atoms with Crippen LogP contribution in [0.2, 0.25) is 0 Å². The molecule has 0 saturated carbocycles. The van der Waals surface area contributed by atoms with Crippen LogP contribution in [0.3, 0.4) is 0 Å². The topological polar surface area (TPSA) is 60.2 Å². The van der Waals surface area contributed by atoms with Gasteiger partial charge in [0, 0.05) is 30.6 Å². The number of guanidine groups is 1. The Kier molecular flexibility index (Phi) is 5.92. The first kappa shape index (κ1) is 16.0. The first-order valence-corrected chi connectivity index (χ1v) is 7.76. The SMILES string of the molecule is CN=C(NCCc1cccs1)NCc1ccc(C#N)cc1F. The van der Waals surface area contributed by atoms with Crippen LogP contribution in [0, 0.1) is 17.1 Å². The van der Waals surface area contributed by atoms with Gasteiger partial charge in [-0.2, -0.15) is 5.26 Å². The molecule has 4 nitrogen and oxygen atoms in total. The van der Waals surface area contributed by atoms with E-state index in [2.05, 4.69) is 27.1 Å². The number of nitrogens with one attached hydrogen (secondary N) is 2. The third kappa shape index (κ3) is 4.57. The fourth-order valence-electron chi connectivity index (χ4n) is 1.92. The van der Waals surface area contributed by atoms with E-state index in [0.29, 0.717) is 23.6 Å². The Morgan fingerprint density at radius 3 is 2.86 bits per heavy atom. The van der Waals surface area contributed by atoms with E-state index in [9.17, 15) is 4.39 Å². The summed E-state index contributed by atoms with van der Waals surface area (Å²) >= 11 is 1.72. The van der Waals surface area contributed by atoms with Gasteiger partial charge in [-0.15, -0.1) is 11.3 Å². The maximum atomic E-state index is 13.8. The lowest BCUT2D eigenvalue weighted by molar-refractivity contribution is 0.604. The van der Waals surface area contributed by atoms with E-state index in [1.165, 1.54) is 10.9 Å². The minimum absolute atomic E-state index is 0.316. The van der Waals surface area contributed by atoms with Gasteiger partial charge in [-0.25, -0.2) is 4.39 Å². The van der Waals surface area contributed by atoms with Gasteiger partial charge in [0.05, 0.1) is 11.6 Å². The normalized spacial score (nSPS) is 11.0. The van der Waals surface area contributed by atoms with Gasteiger partial charge in [0.1, 0.15) is 5.82 Å². The van der Waals surface area contributed by atoms with Crippen LogP contribution in [0.1, 0.15) is 16.0 Å². The summed E-state index contributed by atoms with van der Waals surface area (Å²) in [7, 11) is 1.68. The average molecular weight is 316 g/mol. The quantitative estimate of drug-likeness (QED) is 0.658.